The molecule has 4 heteroatoms. The lowest BCUT2D eigenvalue weighted by molar-refractivity contribution is 0.0883. The van der Waals surface area contributed by atoms with Crippen molar-refractivity contribution in [1.29, 1.82) is 0 Å². The number of halogens is 2. The maximum absolute atomic E-state index is 12.0. The minimum Gasteiger partial charge on any atom is -0.324 e. The lowest BCUT2D eigenvalue weighted by Gasteiger charge is -2.31. The van der Waals surface area contributed by atoms with Gasteiger partial charge in [0.2, 0.25) is 0 Å². The molecular formula is C9H20F2N2. The van der Waals surface area contributed by atoms with Gasteiger partial charge in [0.1, 0.15) is 0 Å². The molecule has 0 heterocycles. The molecule has 0 aromatic carbocycles. The van der Waals surface area contributed by atoms with Crippen LogP contribution in [0.25, 0.3) is 0 Å². The average Bonchev–Trinajstić information content (AvgIpc) is 2.02. The fraction of sp³-hybridized carbons (Fsp3) is 1.00. The first-order valence-corrected chi connectivity index (χ1v) is 4.69. The largest absolute Gasteiger partial charge is 0.324 e. The van der Waals surface area contributed by atoms with E-state index < -0.39 is 6.43 Å². The van der Waals surface area contributed by atoms with Crippen LogP contribution in [0.3, 0.4) is 0 Å². The molecule has 0 fully saturated rings. The van der Waals surface area contributed by atoms with E-state index in [1.54, 1.807) is 11.9 Å². The van der Waals surface area contributed by atoms with E-state index in [1.807, 2.05) is 13.8 Å². The second kappa shape index (κ2) is 5.50. The summed E-state index contributed by atoms with van der Waals surface area (Å²) in [6, 6.07) is 0. The Morgan fingerprint density at radius 1 is 1.31 bits per heavy atom. The summed E-state index contributed by atoms with van der Waals surface area (Å²) >= 11 is 0. The molecule has 0 atom stereocenters. The van der Waals surface area contributed by atoms with Gasteiger partial charge in [-0.15, -0.1) is 0 Å². The van der Waals surface area contributed by atoms with Crippen LogP contribution in [0, 0.1) is 0 Å². The Morgan fingerprint density at radius 2 is 1.77 bits per heavy atom. The normalized spacial score (nSPS) is 12.9. The summed E-state index contributed by atoms with van der Waals surface area (Å²) in [6.45, 7) is 4.31. The summed E-state index contributed by atoms with van der Waals surface area (Å²) in [5.74, 6) is 0. The molecule has 0 aromatic rings. The van der Waals surface area contributed by atoms with Gasteiger partial charge in [-0.25, -0.2) is 8.78 Å². The minimum atomic E-state index is -2.28. The van der Waals surface area contributed by atoms with Crippen molar-refractivity contribution in [3.63, 3.8) is 0 Å². The van der Waals surface area contributed by atoms with E-state index >= 15 is 0 Å². The molecule has 0 bridgehead atoms. The summed E-state index contributed by atoms with van der Waals surface area (Å²) < 4.78 is 24.0. The van der Waals surface area contributed by atoms with Crippen LogP contribution < -0.4 is 5.73 Å². The highest BCUT2D eigenvalue weighted by molar-refractivity contribution is 4.84. The topological polar surface area (TPSA) is 29.3 Å². The molecule has 0 saturated carbocycles. The second-order valence-corrected chi connectivity index (χ2v) is 3.66. The molecule has 0 spiro atoms. The van der Waals surface area contributed by atoms with Crippen LogP contribution in [0.4, 0.5) is 8.78 Å². The third-order valence-corrected chi connectivity index (χ3v) is 2.44. The van der Waals surface area contributed by atoms with E-state index in [0.717, 1.165) is 12.8 Å². The van der Waals surface area contributed by atoms with Gasteiger partial charge in [0, 0.05) is 12.1 Å². The monoisotopic (exact) mass is 194 g/mol. The molecule has 0 aliphatic carbocycles. The maximum Gasteiger partial charge on any atom is 0.251 e. The zero-order valence-electron chi connectivity index (χ0n) is 8.69. The molecule has 0 saturated heterocycles. The summed E-state index contributed by atoms with van der Waals surface area (Å²) in [7, 11) is 1.68. The molecule has 13 heavy (non-hydrogen) atoms. The van der Waals surface area contributed by atoms with Crippen LogP contribution in [-0.2, 0) is 0 Å². The first-order valence-electron chi connectivity index (χ1n) is 4.69. The number of likely N-dealkylation sites (N-methyl/N-ethyl adjacent to an activating group) is 1. The lowest BCUT2D eigenvalue weighted by Crippen LogP contribution is -2.49. The molecular weight excluding hydrogens is 174 g/mol. The Labute approximate surface area is 79.1 Å². The Bertz CT molecular complexity index is 136. The van der Waals surface area contributed by atoms with Gasteiger partial charge in [0.25, 0.3) is 6.43 Å². The van der Waals surface area contributed by atoms with Crippen molar-refractivity contribution < 1.29 is 8.78 Å². The second-order valence-electron chi connectivity index (χ2n) is 3.66. The van der Waals surface area contributed by atoms with Crippen LogP contribution in [0.1, 0.15) is 26.7 Å². The van der Waals surface area contributed by atoms with Crippen molar-refractivity contribution in [2.75, 3.05) is 20.1 Å². The number of nitrogens with zero attached hydrogens (tertiary/aromatic N) is 1. The highest BCUT2D eigenvalue weighted by Gasteiger charge is 2.23. The third-order valence-electron chi connectivity index (χ3n) is 2.44. The van der Waals surface area contributed by atoms with Crippen molar-refractivity contribution in [3.8, 4) is 0 Å². The predicted octanol–water partition coefficient (Wildman–Crippen LogP) is 1.70. The molecule has 80 valence electrons. The predicted molar refractivity (Wildman–Crippen MR) is 51.0 cm³/mol. The molecule has 2 nitrogen and oxygen atoms in total. The molecule has 0 amide bonds. The van der Waals surface area contributed by atoms with E-state index in [0.29, 0.717) is 6.54 Å². The van der Waals surface area contributed by atoms with Gasteiger partial charge in [0.15, 0.2) is 0 Å². The standard InChI is InChI=1S/C9H20F2N2/c1-4-9(12,5-2)7-13(3)6-8(10)11/h8H,4-7,12H2,1-3H3. The first-order chi connectivity index (χ1) is 5.93. The van der Waals surface area contributed by atoms with Gasteiger partial charge < -0.3 is 5.73 Å². The van der Waals surface area contributed by atoms with Crippen molar-refractivity contribution in [3.05, 3.63) is 0 Å². The van der Waals surface area contributed by atoms with Crippen LogP contribution in [-0.4, -0.2) is 37.0 Å². The molecule has 0 aromatic heterocycles. The van der Waals surface area contributed by atoms with E-state index in [4.69, 9.17) is 5.73 Å². The summed E-state index contributed by atoms with van der Waals surface area (Å²) in [5, 5.41) is 0. The van der Waals surface area contributed by atoms with Crippen LogP contribution >= 0.6 is 0 Å². The number of nitrogens with two attached hydrogens (primary N) is 1. The van der Waals surface area contributed by atoms with Crippen molar-refractivity contribution in [1.82, 2.24) is 4.90 Å². The SMILES string of the molecule is CCC(N)(CC)CN(C)CC(F)F. The molecule has 0 aliphatic rings. The van der Waals surface area contributed by atoms with Gasteiger partial charge in [-0.3, -0.25) is 4.90 Å². The van der Waals surface area contributed by atoms with E-state index in [-0.39, 0.29) is 12.1 Å². The molecule has 0 rings (SSSR count). The Hall–Kier alpha value is -0.220. The summed E-state index contributed by atoms with van der Waals surface area (Å²) in [6.07, 6.45) is -0.642. The van der Waals surface area contributed by atoms with E-state index in [1.165, 1.54) is 0 Å². The smallest absolute Gasteiger partial charge is 0.251 e. The van der Waals surface area contributed by atoms with Gasteiger partial charge >= 0.3 is 0 Å². The Morgan fingerprint density at radius 3 is 2.08 bits per heavy atom. The molecule has 0 aliphatic heterocycles. The van der Waals surface area contributed by atoms with Gasteiger partial charge in [-0.2, -0.15) is 0 Å². The average molecular weight is 194 g/mol. The number of hydrogen-bond acceptors (Lipinski definition) is 2. The highest BCUT2D eigenvalue weighted by atomic mass is 19.3. The number of rotatable bonds is 6. The van der Waals surface area contributed by atoms with Crippen molar-refractivity contribution in [2.24, 2.45) is 5.73 Å². The Kier molecular flexibility index (Phi) is 5.40. The van der Waals surface area contributed by atoms with Crippen LogP contribution in [0.5, 0.6) is 0 Å². The Balaban J connectivity index is 3.94. The zero-order chi connectivity index (χ0) is 10.5. The third kappa shape index (κ3) is 5.16. The minimum absolute atomic E-state index is 0.195. The summed E-state index contributed by atoms with van der Waals surface area (Å²) in [4.78, 5) is 1.59. The molecule has 0 unspecified atom stereocenters. The maximum atomic E-state index is 12.0. The van der Waals surface area contributed by atoms with E-state index in [2.05, 4.69) is 0 Å². The fourth-order valence-electron chi connectivity index (χ4n) is 1.31. The molecule has 2 N–H and O–H groups in total. The van der Waals surface area contributed by atoms with Gasteiger partial charge in [-0.05, 0) is 19.9 Å². The number of hydrogen-bond donors (Lipinski definition) is 1. The van der Waals surface area contributed by atoms with Gasteiger partial charge in [0.05, 0.1) is 6.54 Å². The fourth-order valence-corrected chi connectivity index (χ4v) is 1.31. The van der Waals surface area contributed by atoms with Crippen molar-refractivity contribution in [2.45, 2.75) is 38.7 Å². The zero-order valence-corrected chi connectivity index (χ0v) is 8.69. The van der Waals surface area contributed by atoms with Crippen molar-refractivity contribution >= 4 is 0 Å². The highest BCUT2D eigenvalue weighted by Crippen LogP contribution is 2.12. The first kappa shape index (κ1) is 12.8. The van der Waals surface area contributed by atoms with Gasteiger partial charge in [-0.1, -0.05) is 13.8 Å². The lowest BCUT2D eigenvalue weighted by atomic mass is 9.94. The summed E-state index contributed by atoms with van der Waals surface area (Å²) in [5.41, 5.74) is 5.67. The molecule has 0 radical (unpaired) electrons. The number of alkyl halides is 2. The quantitative estimate of drug-likeness (QED) is 0.697. The van der Waals surface area contributed by atoms with Crippen LogP contribution in [0.2, 0.25) is 0 Å². The van der Waals surface area contributed by atoms with E-state index in [9.17, 15) is 8.78 Å². The van der Waals surface area contributed by atoms with Crippen LogP contribution in [0.15, 0.2) is 0 Å².